The number of hydrogen-bond acceptors (Lipinski definition) is 5. The summed E-state index contributed by atoms with van der Waals surface area (Å²) in [6.45, 7) is 0.706. The van der Waals surface area contributed by atoms with Crippen molar-refractivity contribution in [3.05, 3.63) is 72.3 Å². The van der Waals surface area contributed by atoms with Gasteiger partial charge in [0.05, 0.1) is 6.33 Å². The van der Waals surface area contributed by atoms with E-state index in [0.717, 1.165) is 28.9 Å². The van der Waals surface area contributed by atoms with E-state index in [2.05, 4.69) is 20.6 Å². The lowest BCUT2D eigenvalue weighted by atomic mass is 9.98. The summed E-state index contributed by atoms with van der Waals surface area (Å²) >= 11 is 1.55. The first kappa shape index (κ1) is 22.4. The highest BCUT2D eigenvalue weighted by Gasteiger charge is 2.22. The maximum Gasteiger partial charge on any atom is 0.326 e. The van der Waals surface area contributed by atoms with Gasteiger partial charge in [-0.15, -0.1) is 0 Å². The number of carboxylic acids is 1. The van der Waals surface area contributed by atoms with Crippen LogP contribution in [0.4, 0.5) is 5.69 Å². The van der Waals surface area contributed by atoms with Crippen molar-refractivity contribution in [2.75, 3.05) is 23.9 Å². The Morgan fingerprint density at radius 2 is 2.00 bits per heavy atom. The number of carboxylic acid groups (broad SMARTS) is 1. The van der Waals surface area contributed by atoms with Gasteiger partial charge in [-0.25, -0.2) is 9.78 Å². The third-order valence-electron chi connectivity index (χ3n) is 4.84. The quantitative estimate of drug-likeness (QED) is 0.364. The molecule has 8 heteroatoms. The van der Waals surface area contributed by atoms with Crippen molar-refractivity contribution >= 4 is 29.3 Å². The number of anilines is 1. The molecule has 0 spiro atoms. The highest BCUT2D eigenvalue weighted by atomic mass is 32.2. The maximum atomic E-state index is 13.0. The Morgan fingerprint density at radius 3 is 2.68 bits per heavy atom. The van der Waals surface area contributed by atoms with Crippen molar-refractivity contribution in [2.45, 2.75) is 18.9 Å². The fourth-order valence-electron chi connectivity index (χ4n) is 3.20. The number of carbonyl (C=O) groups is 2. The van der Waals surface area contributed by atoms with Crippen LogP contribution in [0.15, 0.2) is 61.1 Å². The Kier molecular flexibility index (Phi) is 8.12. The standard InChI is InChI=1S/C23H26N4O3S/c1-31-12-10-21(23(29)30)27-22(28)19-8-7-17(25-11-9-18-14-24-15-26-18)13-20(19)16-5-3-2-4-6-16/h2-8,13-15,21,25H,9-12H2,1H3,(H,24,26)(H,27,28)(H,29,30). The van der Waals surface area contributed by atoms with Crippen molar-refractivity contribution < 1.29 is 14.7 Å². The van der Waals surface area contributed by atoms with Crippen LogP contribution in [0.5, 0.6) is 0 Å². The third kappa shape index (κ3) is 6.36. The van der Waals surface area contributed by atoms with E-state index in [0.29, 0.717) is 24.3 Å². The zero-order valence-corrected chi connectivity index (χ0v) is 18.1. The number of imidazole rings is 1. The number of thioether (sulfide) groups is 1. The predicted octanol–water partition coefficient (Wildman–Crippen LogP) is 3.67. The first-order chi connectivity index (χ1) is 15.1. The molecule has 1 unspecified atom stereocenters. The summed E-state index contributed by atoms with van der Waals surface area (Å²) in [6.07, 6.45) is 6.52. The highest BCUT2D eigenvalue weighted by molar-refractivity contribution is 7.98. The molecule has 0 aliphatic rings. The van der Waals surface area contributed by atoms with Crippen LogP contribution in [-0.2, 0) is 11.2 Å². The van der Waals surface area contributed by atoms with Crippen LogP contribution in [-0.4, -0.2) is 51.5 Å². The van der Waals surface area contributed by atoms with Gasteiger partial charge < -0.3 is 20.7 Å². The summed E-state index contributed by atoms with van der Waals surface area (Å²) < 4.78 is 0. The molecule has 1 heterocycles. The summed E-state index contributed by atoms with van der Waals surface area (Å²) in [7, 11) is 0. The molecule has 3 rings (SSSR count). The van der Waals surface area contributed by atoms with Crippen LogP contribution in [0.25, 0.3) is 11.1 Å². The van der Waals surface area contributed by atoms with Gasteiger partial charge in [-0.1, -0.05) is 30.3 Å². The number of aromatic amines is 1. The minimum Gasteiger partial charge on any atom is -0.480 e. The smallest absolute Gasteiger partial charge is 0.326 e. The molecule has 1 atom stereocenters. The van der Waals surface area contributed by atoms with Gasteiger partial charge in [0.2, 0.25) is 0 Å². The largest absolute Gasteiger partial charge is 0.480 e. The lowest BCUT2D eigenvalue weighted by Gasteiger charge is -2.17. The second-order valence-corrected chi connectivity index (χ2v) is 8.01. The van der Waals surface area contributed by atoms with Crippen molar-refractivity contribution in [3.63, 3.8) is 0 Å². The summed E-state index contributed by atoms with van der Waals surface area (Å²) in [5.74, 6) is -0.765. The molecule has 0 aliphatic heterocycles. The third-order valence-corrected chi connectivity index (χ3v) is 5.49. The summed E-state index contributed by atoms with van der Waals surface area (Å²) in [4.78, 5) is 31.6. The number of hydrogen-bond donors (Lipinski definition) is 4. The predicted molar refractivity (Wildman–Crippen MR) is 125 cm³/mol. The zero-order chi connectivity index (χ0) is 22.1. The normalized spacial score (nSPS) is 11.6. The van der Waals surface area contributed by atoms with E-state index in [4.69, 9.17) is 0 Å². The van der Waals surface area contributed by atoms with Crippen LogP contribution in [0.1, 0.15) is 22.5 Å². The van der Waals surface area contributed by atoms with Gasteiger partial charge in [-0.3, -0.25) is 4.79 Å². The number of aromatic nitrogens is 2. The lowest BCUT2D eigenvalue weighted by Crippen LogP contribution is -2.41. The molecule has 0 radical (unpaired) electrons. The summed E-state index contributed by atoms with van der Waals surface area (Å²) in [6, 6.07) is 14.2. The lowest BCUT2D eigenvalue weighted by molar-refractivity contribution is -0.139. The number of H-pyrrole nitrogens is 1. The Morgan fingerprint density at radius 1 is 1.19 bits per heavy atom. The fourth-order valence-corrected chi connectivity index (χ4v) is 3.67. The second kappa shape index (κ2) is 11.2. The van der Waals surface area contributed by atoms with Gasteiger partial charge in [0.1, 0.15) is 6.04 Å². The van der Waals surface area contributed by atoms with Crippen molar-refractivity contribution in [3.8, 4) is 11.1 Å². The zero-order valence-electron chi connectivity index (χ0n) is 17.3. The first-order valence-corrected chi connectivity index (χ1v) is 11.4. The number of benzene rings is 2. The fraction of sp³-hybridized carbons (Fsp3) is 0.261. The van der Waals surface area contributed by atoms with Crippen LogP contribution in [0, 0.1) is 0 Å². The Bertz CT molecular complexity index is 993. The molecule has 0 fully saturated rings. The molecule has 7 nitrogen and oxygen atoms in total. The molecule has 0 bridgehead atoms. The molecule has 2 aromatic carbocycles. The molecule has 0 saturated carbocycles. The van der Waals surface area contributed by atoms with Gasteiger partial charge in [-0.2, -0.15) is 11.8 Å². The number of aliphatic carboxylic acids is 1. The van der Waals surface area contributed by atoms with Gasteiger partial charge in [-0.05, 0) is 47.8 Å². The molecule has 4 N–H and O–H groups in total. The molecule has 3 aromatic rings. The SMILES string of the molecule is CSCCC(NC(=O)c1ccc(NCCc2cnc[nH]2)cc1-c1ccccc1)C(=O)O. The van der Waals surface area contributed by atoms with E-state index in [-0.39, 0.29) is 0 Å². The summed E-state index contributed by atoms with van der Waals surface area (Å²) in [5, 5.41) is 15.5. The minimum atomic E-state index is -1.03. The van der Waals surface area contributed by atoms with E-state index in [1.807, 2.05) is 48.7 Å². The molecule has 31 heavy (non-hydrogen) atoms. The molecule has 0 aliphatic carbocycles. The van der Waals surface area contributed by atoms with E-state index < -0.39 is 17.9 Å². The Hall–Kier alpha value is -3.26. The van der Waals surface area contributed by atoms with Crippen LogP contribution in [0.3, 0.4) is 0 Å². The van der Waals surface area contributed by atoms with Gasteiger partial charge in [0, 0.05) is 36.1 Å². The second-order valence-electron chi connectivity index (χ2n) is 7.03. The van der Waals surface area contributed by atoms with Gasteiger partial charge >= 0.3 is 5.97 Å². The minimum absolute atomic E-state index is 0.371. The molecular formula is C23H26N4O3S. The average Bonchev–Trinajstić information content (AvgIpc) is 3.30. The molecule has 1 amide bonds. The van der Waals surface area contributed by atoms with E-state index >= 15 is 0 Å². The van der Waals surface area contributed by atoms with Gasteiger partial charge in [0.15, 0.2) is 0 Å². The van der Waals surface area contributed by atoms with Gasteiger partial charge in [0.25, 0.3) is 5.91 Å². The average molecular weight is 439 g/mol. The van der Waals surface area contributed by atoms with Crippen molar-refractivity contribution in [2.24, 2.45) is 0 Å². The van der Waals surface area contributed by atoms with E-state index in [1.165, 1.54) is 0 Å². The number of nitrogens with one attached hydrogen (secondary N) is 3. The van der Waals surface area contributed by atoms with E-state index in [1.54, 1.807) is 30.4 Å². The molecule has 0 saturated heterocycles. The molecule has 1 aromatic heterocycles. The number of nitrogens with zero attached hydrogens (tertiary/aromatic N) is 1. The van der Waals surface area contributed by atoms with Crippen LogP contribution in [0.2, 0.25) is 0 Å². The molecule has 162 valence electrons. The van der Waals surface area contributed by atoms with Crippen molar-refractivity contribution in [1.82, 2.24) is 15.3 Å². The first-order valence-electron chi connectivity index (χ1n) is 10.0. The van der Waals surface area contributed by atoms with E-state index in [9.17, 15) is 14.7 Å². The summed E-state index contributed by atoms with van der Waals surface area (Å²) in [5.41, 5.74) is 4.00. The monoisotopic (exact) mass is 438 g/mol. The maximum absolute atomic E-state index is 13.0. The molecular weight excluding hydrogens is 412 g/mol. The topological polar surface area (TPSA) is 107 Å². The number of carbonyl (C=O) groups excluding carboxylic acids is 1. The number of rotatable bonds is 11. The Labute approximate surface area is 185 Å². The number of amides is 1. The highest BCUT2D eigenvalue weighted by Crippen LogP contribution is 2.27. The Balaban J connectivity index is 1.81. The van der Waals surface area contributed by atoms with Crippen molar-refractivity contribution in [1.29, 1.82) is 0 Å². The van der Waals surface area contributed by atoms with Crippen LogP contribution >= 0.6 is 11.8 Å². The van der Waals surface area contributed by atoms with Crippen LogP contribution < -0.4 is 10.6 Å².